The molecule has 3 aromatic rings. The van der Waals surface area contributed by atoms with Crippen LogP contribution in [0.3, 0.4) is 0 Å². The van der Waals surface area contributed by atoms with Crippen LogP contribution in [-0.4, -0.2) is 57.3 Å². The maximum atomic E-state index is 14.4. The van der Waals surface area contributed by atoms with Crippen LogP contribution in [0.5, 0.6) is 0 Å². The third kappa shape index (κ3) is 3.93. The Morgan fingerprint density at radius 2 is 1.81 bits per heavy atom. The van der Waals surface area contributed by atoms with E-state index in [-0.39, 0.29) is 18.4 Å². The van der Waals surface area contributed by atoms with Gasteiger partial charge in [0.1, 0.15) is 23.0 Å². The predicted molar refractivity (Wildman–Crippen MR) is 154 cm³/mol. The zero-order chi connectivity index (χ0) is 29.3. The van der Waals surface area contributed by atoms with Crippen LogP contribution in [0.15, 0.2) is 54.9 Å². The second-order valence-electron chi connectivity index (χ2n) is 12.5. The molecular formula is C33H33F2N5O2. The van der Waals surface area contributed by atoms with E-state index in [0.717, 1.165) is 54.1 Å². The number of hydrogen-bond acceptors (Lipinski definition) is 5. The summed E-state index contributed by atoms with van der Waals surface area (Å²) in [6.45, 7) is 2.64. The van der Waals surface area contributed by atoms with Crippen molar-refractivity contribution >= 4 is 23.7 Å². The highest BCUT2D eigenvalue weighted by Crippen LogP contribution is 2.47. The molecule has 4 aliphatic rings. The van der Waals surface area contributed by atoms with E-state index in [2.05, 4.69) is 21.3 Å². The average molecular weight is 569 g/mol. The molecule has 1 saturated heterocycles. The Kier molecular flexibility index (Phi) is 6.10. The molecule has 0 unspecified atom stereocenters. The maximum Gasteiger partial charge on any atom is 0.244 e. The van der Waals surface area contributed by atoms with Crippen molar-refractivity contribution < 1.29 is 18.4 Å². The molecule has 2 atom stereocenters. The Morgan fingerprint density at radius 3 is 2.57 bits per heavy atom. The van der Waals surface area contributed by atoms with Crippen molar-refractivity contribution in [1.29, 1.82) is 0 Å². The van der Waals surface area contributed by atoms with Gasteiger partial charge < -0.3 is 10.2 Å². The van der Waals surface area contributed by atoms with E-state index in [1.807, 2.05) is 38.3 Å². The normalized spacial score (nSPS) is 26.4. The molecule has 0 radical (unpaired) electrons. The summed E-state index contributed by atoms with van der Waals surface area (Å²) < 4.78 is 28.7. The first-order valence-corrected chi connectivity index (χ1v) is 14.6. The molecule has 2 aliphatic heterocycles. The van der Waals surface area contributed by atoms with Crippen LogP contribution < -0.4 is 5.32 Å². The number of likely N-dealkylation sites (N-methyl/N-ethyl adjacent to an activating group) is 1. The van der Waals surface area contributed by atoms with E-state index in [4.69, 9.17) is 4.98 Å². The molecule has 2 aromatic heterocycles. The predicted octanol–water partition coefficient (Wildman–Crippen LogP) is 4.76. The largest absolute Gasteiger partial charge is 0.327 e. The Balaban J connectivity index is 1.17. The van der Waals surface area contributed by atoms with Crippen LogP contribution in [0, 0.1) is 11.6 Å². The van der Waals surface area contributed by atoms with Gasteiger partial charge in [-0.1, -0.05) is 31.1 Å². The molecule has 4 heterocycles. The molecule has 2 spiro atoms. The summed E-state index contributed by atoms with van der Waals surface area (Å²) >= 11 is 0. The molecule has 1 N–H and O–H groups in total. The number of piperazine rings is 1. The summed E-state index contributed by atoms with van der Waals surface area (Å²) in [5.41, 5.74) is 1.93. The second kappa shape index (κ2) is 9.52. The van der Waals surface area contributed by atoms with Gasteiger partial charge in [-0.25, -0.2) is 13.8 Å². The number of rotatable bonds is 4. The number of aromatic nitrogens is 2. The SMILES string of the molecule is C[C@@]1(c2cc(F)cc(F)c2)CN([11CH3])C2(CCCC2)C(=O)N1C/C=C/c1cnc2c(c1)C[C@@]1(C2)C(=O)Nc2ncccc21. The lowest BCUT2D eigenvalue weighted by Gasteiger charge is -2.55. The van der Waals surface area contributed by atoms with E-state index in [9.17, 15) is 18.4 Å². The van der Waals surface area contributed by atoms with Crippen LogP contribution in [0.25, 0.3) is 6.08 Å². The quantitative estimate of drug-likeness (QED) is 0.491. The lowest BCUT2D eigenvalue weighted by molar-refractivity contribution is -0.162. The number of anilines is 1. The highest BCUT2D eigenvalue weighted by molar-refractivity contribution is 6.06. The summed E-state index contributed by atoms with van der Waals surface area (Å²) in [5.74, 6) is -0.745. The number of nitrogens with zero attached hydrogens (tertiary/aromatic N) is 4. The third-order valence-corrected chi connectivity index (χ3v) is 10.1. The van der Waals surface area contributed by atoms with Gasteiger partial charge in [0.05, 0.1) is 11.0 Å². The fourth-order valence-corrected chi connectivity index (χ4v) is 7.81. The van der Waals surface area contributed by atoms with Crippen molar-refractivity contribution in [2.45, 2.75) is 61.9 Å². The smallest absolute Gasteiger partial charge is 0.244 e. The van der Waals surface area contributed by atoms with E-state index < -0.39 is 28.1 Å². The molecule has 1 aromatic carbocycles. The van der Waals surface area contributed by atoms with E-state index >= 15 is 0 Å². The Labute approximate surface area is 243 Å². The van der Waals surface area contributed by atoms with Crippen molar-refractivity contribution in [2.24, 2.45) is 0 Å². The van der Waals surface area contributed by atoms with Crippen molar-refractivity contribution in [3.05, 3.63) is 94.5 Å². The molecule has 0 bridgehead atoms. The highest BCUT2D eigenvalue weighted by atomic mass is 19.1. The molecule has 216 valence electrons. The molecule has 2 amide bonds. The number of pyridine rings is 2. The van der Waals surface area contributed by atoms with Crippen LogP contribution in [-0.2, 0) is 33.4 Å². The molecule has 1 saturated carbocycles. The molecular weight excluding hydrogens is 535 g/mol. The number of fused-ring (bicyclic) bond motifs is 3. The lowest BCUT2D eigenvalue weighted by atomic mass is 9.78. The number of hydrogen-bond donors (Lipinski definition) is 1. The third-order valence-electron chi connectivity index (χ3n) is 10.1. The van der Waals surface area contributed by atoms with Gasteiger partial charge in [0, 0.05) is 49.2 Å². The molecule has 7 rings (SSSR count). The summed E-state index contributed by atoms with van der Waals surface area (Å²) in [7, 11) is 1.95. The summed E-state index contributed by atoms with van der Waals surface area (Å²) in [6.07, 6.45) is 11.9. The zero-order valence-corrected chi connectivity index (χ0v) is 23.8. The number of carbonyl (C=O) groups is 2. The zero-order valence-electron chi connectivity index (χ0n) is 23.8. The monoisotopic (exact) mass is 568 g/mol. The maximum absolute atomic E-state index is 14.4. The summed E-state index contributed by atoms with van der Waals surface area (Å²) in [6, 6.07) is 9.40. The molecule has 2 aliphatic carbocycles. The number of nitrogens with one attached hydrogen (secondary N) is 1. The van der Waals surface area contributed by atoms with Crippen molar-refractivity contribution in [3.63, 3.8) is 0 Å². The fraction of sp³-hybridized carbons (Fsp3) is 0.394. The van der Waals surface area contributed by atoms with E-state index in [1.54, 1.807) is 17.3 Å². The lowest BCUT2D eigenvalue weighted by Crippen LogP contribution is -2.70. The molecule has 2 fully saturated rings. The summed E-state index contributed by atoms with van der Waals surface area (Å²) in [5, 5.41) is 2.93. The number of benzene rings is 1. The number of carbonyl (C=O) groups excluding carboxylic acids is 2. The number of halogens is 2. The number of amides is 2. The van der Waals surface area contributed by atoms with Crippen LogP contribution in [0.2, 0.25) is 0 Å². The first kappa shape index (κ1) is 26.9. The minimum atomic E-state index is -0.924. The minimum absolute atomic E-state index is 0.000824. The second-order valence-corrected chi connectivity index (χ2v) is 12.5. The van der Waals surface area contributed by atoms with Gasteiger partial charge >= 0.3 is 0 Å². The van der Waals surface area contributed by atoms with Crippen LogP contribution in [0.4, 0.5) is 14.6 Å². The van der Waals surface area contributed by atoms with Gasteiger partial charge in [0.2, 0.25) is 11.8 Å². The standard InChI is InChI=1S/C33H33F2N5O2/c1-31(23-14-24(34)16-25(35)15-23)20-39(2)33(9-3-4-10-33)30(42)40(31)12-6-7-21-13-22-17-32(18-27(22)37-19-21)26-8-5-11-36-28(26)38-29(32)41/h5-8,11,13-16,19H,3-4,9-10,12,17-18,20H2,1-2H3,(H,36,38,41)/b7-6+/t31-,32-/m0/s1/i2-1. The molecule has 7 nitrogen and oxygen atoms in total. The molecule has 9 heteroatoms. The first-order chi connectivity index (χ1) is 20.1. The Morgan fingerprint density at radius 1 is 1.05 bits per heavy atom. The Hall–Kier alpha value is -3.98. The first-order valence-electron chi connectivity index (χ1n) is 14.6. The van der Waals surface area contributed by atoms with Crippen LogP contribution >= 0.6 is 0 Å². The van der Waals surface area contributed by atoms with Gasteiger partial charge in [0.25, 0.3) is 0 Å². The van der Waals surface area contributed by atoms with Gasteiger partial charge in [0.15, 0.2) is 0 Å². The van der Waals surface area contributed by atoms with Crippen LogP contribution in [0.1, 0.15) is 60.6 Å². The van der Waals surface area contributed by atoms with Gasteiger partial charge in [-0.2, -0.15) is 0 Å². The Bertz CT molecular complexity index is 1630. The molecule has 42 heavy (non-hydrogen) atoms. The van der Waals surface area contributed by atoms with Crippen molar-refractivity contribution in [1.82, 2.24) is 19.8 Å². The van der Waals surface area contributed by atoms with E-state index in [0.29, 0.717) is 30.8 Å². The topological polar surface area (TPSA) is 78.4 Å². The van der Waals surface area contributed by atoms with Gasteiger partial charge in [-0.3, -0.25) is 19.5 Å². The highest BCUT2D eigenvalue weighted by Gasteiger charge is 2.56. The van der Waals surface area contributed by atoms with Crippen molar-refractivity contribution in [2.75, 3.05) is 25.5 Å². The minimum Gasteiger partial charge on any atom is -0.327 e. The van der Waals surface area contributed by atoms with Gasteiger partial charge in [-0.05, 0) is 74.2 Å². The van der Waals surface area contributed by atoms with Crippen molar-refractivity contribution in [3.8, 4) is 0 Å². The average Bonchev–Trinajstić information content (AvgIpc) is 3.66. The summed E-state index contributed by atoms with van der Waals surface area (Å²) in [4.78, 5) is 40.2. The van der Waals surface area contributed by atoms with Gasteiger partial charge in [-0.15, -0.1) is 0 Å². The van der Waals surface area contributed by atoms with E-state index in [1.165, 1.54) is 12.1 Å². The fourth-order valence-electron chi connectivity index (χ4n) is 7.81.